The van der Waals surface area contributed by atoms with Crippen LogP contribution in [0.15, 0.2) is 10.9 Å². The Morgan fingerprint density at radius 2 is 2.06 bits per heavy atom. The molecule has 0 radical (unpaired) electrons. The summed E-state index contributed by atoms with van der Waals surface area (Å²) in [5, 5.41) is 2.93. The molecule has 3 heterocycles. The van der Waals surface area contributed by atoms with Crippen LogP contribution in [0.4, 0.5) is 5.69 Å². The van der Waals surface area contributed by atoms with Crippen molar-refractivity contribution in [2.75, 3.05) is 18.9 Å². The number of aryl methyl sites for hydroxylation is 1. The lowest BCUT2D eigenvalue weighted by Gasteiger charge is -2.35. The summed E-state index contributed by atoms with van der Waals surface area (Å²) < 4.78 is 6.84. The number of nitrogens with two attached hydrogens (primary N) is 1. The molecule has 96 valence electrons. The van der Waals surface area contributed by atoms with E-state index in [2.05, 4.69) is 5.32 Å². The third kappa shape index (κ3) is 1.32. The number of amides is 1. The van der Waals surface area contributed by atoms with Crippen molar-refractivity contribution in [2.24, 2.45) is 0 Å². The number of aromatic nitrogens is 1. The third-order valence-electron chi connectivity index (χ3n) is 3.73. The maximum absolute atomic E-state index is 12.2. The molecule has 2 aliphatic rings. The molecule has 3 N–H and O–H groups in total. The van der Waals surface area contributed by atoms with Gasteiger partial charge < -0.3 is 15.8 Å². The lowest BCUT2D eigenvalue weighted by molar-refractivity contribution is 0.0120. The standard InChI is InChI=1S/C12H15N3O3/c1-7-6-8(13)11(17)15-9(7)10(16)14-12(15)2-4-18-5-3-12/h6H,2-5,13H2,1H3,(H,14,16). The van der Waals surface area contributed by atoms with Gasteiger partial charge in [-0.1, -0.05) is 0 Å². The number of anilines is 1. The Bertz CT molecular complexity index is 585. The summed E-state index contributed by atoms with van der Waals surface area (Å²) in [6, 6.07) is 1.56. The molecule has 0 aromatic carbocycles. The molecule has 1 fully saturated rings. The van der Waals surface area contributed by atoms with Crippen molar-refractivity contribution >= 4 is 11.6 Å². The molecule has 1 saturated heterocycles. The normalized spacial score (nSPS) is 20.8. The van der Waals surface area contributed by atoms with Crippen molar-refractivity contribution in [3.05, 3.63) is 27.7 Å². The van der Waals surface area contributed by atoms with Crippen molar-refractivity contribution in [3.8, 4) is 0 Å². The van der Waals surface area contributed by atoms with E-state index in [4.69, 9.17) is 10.5 Å². The number of rotatable bonds is 0. The minimum atomic E-state index is -0.651. The molecule has 3 rings (SSSR count). The first-order valence-corrected chi connectivity index (χ1v) is 5.98. The van der Waals surface area contributed by atoms with Crippen LogP contribution in [0.25, 0.3) is 0 Å². The van der Waals surface area contributed by atoms with Crippen molar-refractivity contribution in [1.82, 2.24) is 9.88 Å². The number of carbonyl (C=O) groups excluding carboxylic acids is 1. The van der Waals surface area contributed by atoms with Crippen LogP contribution in [0.5, 0.6) is 0 Å². The van der Waals surface area contributed by atoms with Gasteiger partial charge in [0.05, 0.1) is 18.9 Å². The van der Waals surface area contributed by atoms with Gasteiger partial charge in [-0.3, -0.25) is 14.2 Å². The highest BCUT2D eigenvalue weighted by atomic mass is 16.5. The van der Waals surface area contributed by atoms with Gasteiger partial charge in [-0.15, -0.1) is 0 Å². The summed E-state index contributed by atoms with van der Waals surface area (Å²) in [6.45, 7) is 2.85. The van der Waals surface area contributed by atoms with Gasteiger partial charge in [0, 0.05) is 12.8 Å². The predicted octanol–water partition coefficient (Wildman–Crippen LogP) is -0.0545. The zero-order valence-electron chi connectivity index (χ0n) is 10.2. The summed E-state index contributed by atoms with van der Waals surface area (Å²) >= 11 is 0. The van der Waals surface area contributed by atoms with E-state index in [1.165, 1.54) is 4.57 Å². The molecule has 1 aromatic rings. The van der Waals surface area contributed by atoms with E-state index < -0.39 is 5.66 Å². The first kappa shape index (κ1) is 11.3. The zero-order valence-corrected chi connectivity index (χ0v) is 10.2. The molecule has 18 heavy (non-hydrogen) atoms. The maximum Gasteiger partial charge on any atom is 0.276 e. The average Bonchev–Trinajstić information content (AvgIpc) is 2.60. The number of hydrogen-bond acceptors (Lipinski definition) is 4. The fourth-order valence-corrected chi connectivity index (χ4v) is 2.84. The highest BCUT2D eigenvalue weighted by molar-refractivity contribution is 5.96. The molecule has 6 nitrogen and oxygen atoms in total. The van der Waals surface area contributed by atoms with Crippen molar-refractivity contribution < 1.29 is 9.53 Å². The van der Waals surface area contributed by atoms with Gasteiger partial charge in [0.1, 0.15) is 11.4 Å². The molecular formula is C12H15N3O3. The fraction of sp³-hybridized carbons (Fsp3) is 0.500. The second kappa shape index (κ2) is 3.58. The lowest BCUT2D eigenvalue weighted by atomic mass is 10.0. The van der Waals surface area contributed by atoms with E-state index in [9.17, 15) is 9.59 Å². The molecule has 0 saturated carbocycles. The van der Waals surface area contributed by atoms with Crippen molar-refractivity contribution in [3.63, 3.8) is 0 Å². The van der Waals surface area contributed by atoms with E-state index in [1.807, 2.05) is 0 Å². The predicted molar refractivity (Wildman–Crippen MR) is 65.3 cm³/mol. The van der Waals surface area contributed by atoms with Crippen molar-refractivity contribution in [2.45, 2.75) is 25.4 Å². The van der Waals surface area contributed by atoms with Gasteiger partial charge in [0.25, 0.3) is 11.5 Å². The number of ether oxygens (including phenoxy) is 1. The fourth-order valence-electron chi connectivity index (χ4n) is 2.84. The van der Waals surface area contributed by atoms with Gasteiger partial charge in [0.2, 0.25) is 0 Å². The van der Waals surface area contributed by atoms with Crippen LogP contribution in [0.3, 0.4) is 0 Å². The van der Waals surface area contributed by atoms with E-state index in [0.29, 0.717) is 31.7 Å². The monoisotopic (exact) mass is 249 g/mol. The highest BCUT2D eigenvalue weighted by Gasteiger charge is 2.45. The van der Waals surface area contributed by atoms with E-state index in [-0.39, 0.29) is 17.2 Å². The second-order valence-electron chi connectivity index (χ2n) is 4.87. The van der Waals surface area contributed by atoms with Gasteiger partial charge in [-0.25, -0.2) is 0 Å². The van der Waals surface area contributed by atoms with E-state index in [0.717, 1.165) is 5.56 Å². The van der Waals surface area contributed by atoms with Crippen LogP contribution in [0, 0.1) is 6.92 Å². The topological polar surface area (TPSA) is 86.4 Å². The minimum absolute atomic E-state index is 0.179. The molecule has 1 aromatic heterocycles. The number of nitrogens with one attached hydrogen (secondary N) is 1. The first-order chi connectivity index (χ1) is 8.55. The Morgan fingerprint density at radius 1 is 1.39 bits per heavy atom. The molecule has 0 bridgehead atoms. The van der Waals surface area contributed by atoms with Gasteiger partial charge >= 0.3 is 0 Å². The number of pyridine rings is 1. The molecular weight excluding hydrogens is 234 g/mol. The lowest BCUT2D eigenvalue weighted by Crippen LogP contribution is -2.51. The molecule has 1 spiro atoms. The maximum atomic E-state index is 12.2. The highest BCUT2D eigenvalue weighted by Crippen LogP contribution is 2.32. The van der Waals surface area contributed by atoms with Gasteiger partial charge in [0.15, 0.2) is 0 Å². The smallest absolute Gasteiger partial charge is 0.276 e. The van der Waals surface area contributed by atoms with Crippen LogP contribution >= 0.6 is 0 Å². The number of carbonyl (C=O) groups is 1. The summed E-state index contributed by atoms with van der Waals surface area (Å²) in [5.41, 5.74) is 6.11. The van der Waals surface area contributed by atoms with Crippen LogP contribution in [-0.4, -0.2) is 23.7 Å². The molecule has 0 aliphatic carbocycles. The average molecular weight is 249 g/mol. The minimum Gasteiger partial charge on any atom is -0.394 e. The van der Waals surface area contributed by atoms with Crippen LogP contribution in [0.1, 0.15) is 28.9 Å². The molecule has 0 unspecified atom stereocenters. The van der Waals surface area contributed by atoms with E-state index >= 15 is 0 Å². The summed E-state index contributed by atoms with van der Waals surface area (Å²) in [6.07, 6.45) is 1.18. The first-order valence-electron chi connectivity index (χ1n) is 5.98. The number of nitrogen functional groups attached to an aromatic ring is 1. The molecule has 0 atom stereocenters. The van der Waals surface area contributed by atoms with Gasteiger partial charge in [-0.05, 0) is 18.6 Å². The van der Waals surface area contributed by atoms with Crippen LogP contribution in [0.2, 0.25) is 0 Å². The largest absolute Gasteiger partial charge is 0.394 e. The molecule has 2 aliphatic heterocycles. The van der Waals surface area contributed by atoms with Crippen LogP contribution < -0.4 is 16.6 Å². The molecule has 1 amide bonds. The van der Waals surface area contributed by atoms with E-state index in [1.54, 1.807) is 13.0 Å². The SMILES string of the molecule is Cc1cc(N)c(=O)n2c1C(=O)NC21CCOCC1. The second-order valence-corrected chi connectivity index (χ2v) is 4.87. The number of hydrogen-bond donors (Lipinski definition) is 2. The Morgan fingerprint density at radius 3 is 2.72 bits per heavy atom. The molecule has 6 heteroatoms. The quantitative estimate of drug-likeness (QED) is 0.674. The Balaban J connectivity index is 2.29. The van der Waals surface area contributed by atoms with Gasteiger partial charge in [-0.2, -0.15) is 0 Å². The Hall–Kier alpha value is -1.82. The summed E-state index contributed by atoms with van der Waals surface area (Å²) in [5.74, 6) is -0.202. The number of nitrogens with zero attached hydrogens (tertiary/aromatic N) is 1. The van der Waals surface area contributed by atoms with Crippen LogP contribution in [-0.2, 0) is 10.4 Å². The number of fused-ring (bicyclic) bond motifs is 2. The Kier molecular flexibility index (Phi) is 2.25. The zero-order chi connectivity index (χ0) is 12.9. The summed E-state index contributed by atoms with van der Waals surface area (Å²) in [7, 11) is 0. The third-order valence-corrected chi connectivity index (χ3v) is 3.73. The Labute approximate surface area is 104 Å². The van der Waals surface area contributed by atoms with Crippen molar-refractivity contribution in [1.29, 1.82) is 0 Å². The summed E-state index contributed by atoms with van der Waals surface area (Å²) in [4.78, 5) is 24.3.